The van der Waals surface area contributed by atoms with Crippen LogP contribution in [0, 0.1) is 0 Å². The van der Waals surface area contributed by atoms with Crippen molar-refractivity contribution in [1.82, 2.24) is 5.32 Å². The highest BCUT2D eigenvalue weighted by molar-refractivity contribution is 6.35. The molecule has 0 fully saturated rings. The molecule has 1 rings (SSSR count). The summed E-state index contributed by atoms with van der Waals surface area (Å²) < 4.78 is 5.39. The van der Waals surface area contributed by atoms with Gasteiger partial charge < -0.3 is 25.4 Å². The Kier molecular flexibility index (Phi) is 6.70. The molecule has 0 aliphatic carbocycles. The fourth-order valence-corrected chi connectivity index (χ4v) is 1.90. The van der Waals surface area contributed by atoms with Gasteiger partial charge in [0.2, 0.25) is 0 Å². The molecule has 1 atom stereocenters. The zero-order chi connectivity index (χ0) is 16.0. The smallest absolute Gasteiger partial charge is 0.261 e. The van der Waals surface area contributed by atoms with Crippen LogP contribution in [-0.4, -0.2) is 52.7 Å². The number of amides is 1. The Morgan fingerprint density at radius 2 is 1.86 bits per heavy atom. The van der Waals surface area contributed by atoms with E-state index in [-0.39, 0.29) is 10.8 Å². The molecule has 118 valence electrons. The highest BCUT2D eigenvalue weighted by Crippen LogP contribution is 2.28. The van der Waals surface area contributed by atoms with Gasteiger partial charge in [0.1, 0.15) is 11.3 Å². The first-order chi connectivity index (χ1) is 9.87. The first-order valence-corrected chi connectivity index (χ1v) is 6.89. The van der Waals surface area contributed by atoms with Crippen molar-refractivity contribution >= 4 is 29.1 Å². The van der Waals surface area contributed by atoms with Gasteiger partial charge >= 0.3 is 0 Å². The lowest BCUT2D eigenvalue weighted by atomic mass is 10.0. The summed E-state index contributed by atoms with van der Waals surface area (Å²) >= 11 is 11.7. The lowest BCUT2D eigenvalue weighted by molar-refractivity contribution is -0.131. The zero-order valence-corrected chi connectivity index (χ0v) is 12.9. The van der Waals surface area contributed by atoms with E-state index in [9.17, 15) is 4.79 Å². The summed E-state index contributed by atoms with van der Waals surface area (Å²) in [5.74, 6) is -0.343. The average Bonchev–Trinajstić information content (AvgIpc) is 2.47. The fourth-order valence-electron chi connectivity index (χ4n) is 1.45. The Morgan fingerprint density at radius 1 is 1.29 bits per heavy atom. The minimum Gasteiger partial charge on any atom is -0.479 e. The second-order valence-electron chi connectivity index (χ2n) is 4.58. The molecule has 0 aliphatic rings. The van der Waals surface area contributed by atoms with Crippen LogP contribution in [0.2, 0.25) is 10.0 Å². The van der Waals surface area contributed by atoms with E-state index in [1.807, 2.05) is 0 Å². The van der Waals surface area contributed by atoms with Crippen LogP contribution in [0.5, 0.6) is 5.75 Å². The second-order valence-corrected chi connectivity index (χ2v) is 5.42. The van der Waals surface area contributed by atoms with Gasteiger partial charge in [-0.25, -0.2) is 0 Å². The lowest BCUT2D eigenvalue weighted by Gasteiger charge is -2.30. The molecule has 0 saturated carbocycles. The summed E-state index contributed by atoms with van der Waals surface area (Å²) in [7, 11) is 0. The molecule has 0 bridgehead atoms. The summed E-state index contributed by atoms with van der Waals surface area (Å²) in [5, 5.41) is 30.5. The van der Waals surface area contributed by atoms with E-state index in [0.717, 1.165) is 0 Å². The van der Waals surface area contributed by atoms with Crippen molar-refractivity contribution in [3.05, 3.63) is 28.2 Å². The van der Waals surface area contributed by atoms with Gasteiger partial charge in [-0.05, 0) is 25.1 Å². The molecule has 1 aromatic rings. The molecule has 8 heteroatoms. The van der Waals surface area contributed by atoms with Crippen molar-refractivity contribution in [3.8, 4) is 5.75 Å². The van der Waals surface area contributed by atoms with Gasteiger partial charge in [-0.15, -0.1) is 0 Å². The third-order valence-corrected chi connectivity index (χ3v) is 3.39. The van der Waals surface area contributed by atoms with Crippen molar-refractivity contribution in [1.29, 1.82) is 0 Å². The van der Waals surface area contributed by atoms with Gasteiger partial charge in [-0.1, -0.05) is 23.2 Å². The van der Waals surface area contributed by atoms with Crippen LogP contribution < -0.4 is 10.1 Å². The number of nitrogens with one attached hydrogen (secondary N) is 1. The number of aliphatic hydroxyl groups excluding tert-OH is 3. The largest absolute Gasteiger partial charge is 0.479 e. The van der Waals surface area contributed by atoms with E-state index in [2.05, 4.69) is 5.32 Å². The van der Waals surface area contributed by atoms with E-state index in [0.29, 0.717) is 5.02 Å². The molecule has 0 spiro atoms. The van der Waals surface area contributed by atoms with Crippen molar-refractivity contribution < 1.29 is 24.9 Å². The predicted octanol–water partition coefficient (Wildman–Crippen LogP) is 0.593. The number of ether oxygens (including phenoxy) is 1. The Hall–Kier alpha value is -1.05. The first-order valence-electron chi connectivity index (χ1n) is 6.14. The molecule has 1 amide bonds. The van der Waals surface area contributed by atoms with Gasteiger partial charge in [0.25, 0.3) is 5.91 Å². The number of hydrogen-bond donors (Lipinski definition) is 4. The highest BCUT2D eigenvalue weighted by Gasteiger charge is 2.32. The van der Waals surface area contributed by atoms with Crippen LogP contribution in [0.25, 0.3) is 0 Å². The third-order valence-electron chi connectivity index (χ3n) is 2.86. The minimum atomic E-state index is -1.50. The SMILES string of the molecule is CC(Oc1ccc(Cl)cc1Cl)C(=O)NC(CO)(CO)CO. The van der Waals surface area contributed by atoms with Crippen LogP contribution in [0.4, 0.5) is 0 Å². The van der Waals surface area contributed by atoms with E-state index in [4.69, 9.17) is 43.3 Å². The monoisotopic (exact) mass is 337 g/mol. The Labute approximate surface area is 132 Å². The number of rotatable bonds is 7. The van der Waals surface area contributed by atoms with Crippen LogP contribution in [0.15, 0.2) is 18.2 Å². The zero-order valence-electron chi connectivity index (χ0n) is 11.3. The molecule has 21 heavy (non-hydrogen) atoms. The maximum atomic E-state index is 12.0. The van der Waals surface area contributed by atoms with Crippen molar-refractivity contribution in [2.45, 2.75) is 18.6 Å². The third kappa shape index (κ3) is 4.72. The Bertz CT molecular complexity index is 485. The molecule has 0 aliphatic heterocycles. The molecular weight excluding hydrogens is 321 g/mol. The van der Waals surface area contributed by atoms with Gasteiger partial charge in [-0.3, -0.25) is 4.79 Å². The number of halogens is 2. The van der Waals surface area contributed by atoms with E-state index < -0.39 is 37.4 Å². The lowest BCUT2D eigenvalue weighted by Crippen LogP contribution is -2.59. The molecule has 0 saturated heterocycles. The van der Waals surface area contributed by atoms with Crippen molar-refractivity contribution in [3.63, 3.8) is 0 Å². The molecule has 0 aromatic heterocycles. The molecule has 1 aromatic carbocycles. The molecule has 0 heterocycles. The molecule has 6 nitrogen and oxygen atoms in total. The van der Waals surface area contributed by atoms with Crippen molar-refractivity contribution in [2.75, 3.05) is 19.8 Å². The van der Waals surface area contributed by atoms with Crippen molar-refractivity contribution in [2.24, 2.45) is 0 Å². The number of aliphatic hydroxyl groups is 3. The predicted molar refractivity (Wildman–Crippen MR) is 78.7 cm³/mol. The normalized spacial score (nSPS) is 12.9. The van der Waals surface area contributed by atoms with Crippen LogP contribution in [-0.2, 0) is 4.79 Å². The van der Waals surface area contributed by atoms with Crippen LogP contribution in [0.3, 0.4) is 0 Å². The van der Waals surface area contributed by atoms with Crippen LogP contribution in [0.1, 0.15) is 6.92 Å². The summed E-state index contributed by atoms with van der Waals surface area (Å²) in [4.78, 5) is 12.0. The topological polar surface area (TPSA) is 99.0 Å². The minimum absolute atomic E-state index is 0.250. The summed E-state index contributed by atoms with van der Waals surface area (Å²) in [5.41, 5.74) is -1.50. The van der Waals surface area contributed by atoms with E-state index in [1.54, 1.807) is 6.07 Å². The molecule has 4 N–H and O–H groups in total. The second kappa shape index (κ2) is 7.82. The Balaban J connectivity index is 2.74. The number of hydrogen-bond acceptors (Lipinski definition) is 5. The summed E-state index contributed by atoms with van der Waals surface area (Å²) in [6.07, 6.45) is -0.951. The van der Waals surface area contributed by atoms with E-state index in [1.165, 1.54) is 19.1 Å². The number of carbonyl (C=O) groups is 1. The average molecular weight is 338 g/mol. The number of carbonyl (C=O) groups excluding carboxylic acids is 1. The summed E-state index contributed by atoms with van der Waals surface area (Å²) in [6, 6.07) is 4.56. The molecule has 0 radical (unpaired) electrons. The standard InChI is InChI=1S/C13H17Cl2NO5/c1-8(12(20)16-13(5-17,6-18)7-19)21-11-3-2-9(14)4-10(11)15/h2-4,8,17-19H,5-7H2,1H3,(H,16,20). The molecular formula is C13H17Cl2NO5. The van der Waals surface area contributed by atoms with Crippen LogP contribution >= 0.6 is 23.2 Å². The Morgan fingerprint density at radius 3 is 2.33 bits per heavy atom. The van der Waals surface area contributed by atoms with Gasteiger partial charge in [-0.2, -0.15) is 0 Å². The van der Waals surface area contributed by atoms with E-state index >= 15 is 0 Å². The van der Waals surface area contributed by atoms with Gasteiger partial charge in [0.15, 0.2) is 6.10 Å². The number of benzene rings is 1. The first kappa shape index (κ1) is 18.0. The van der Waals surface area contributed by atoms with Gasteiger partial charge in [0, 0.05) is 5.02 Å². The van der Waals surface area contributed by atoms with Gasteiger partial charge in [0.05, 0.1) is 24.8 Å². The summed E-state index contributed by atoms with van der Waals surface area (Å²) in [6.45, 7) is -0.363. The highest BCUT2D eigenvalue weighted by atomic mass is 35.5. The maximum Gasteiger partial charge on any atom is 0.261 e. The fraction of sp³-hybridized carbons (Fsp3) is 0.462. The quantitative estimate of drug-likeness (QED) is 0.583. The maximum absolute atomic E-state index is 12.0. The molecule has 1 unspecified atom stereocenters.